The molecule has 1 amide bonds. The van der Waals surface area contributed by atoms with Crippen LogP contribution >= 0.6 is 0 Å². The SMILES string of the molecule is COc1ccc(/C=C/C(=O)N2CCC(n3c([C@@H]4CCCO4)nc4cccnc43)CC2)cc1. The highest BCUT2D eigenvalue weighted by Crippen LogP contribution is 2.35. The van der Waals surface area contributed by atoms with Crippen LogP contribution in [-0.2, 0) is 9.53 Å². The molecule has 2 aliphatic heterocycles. The molecular weight excluding hydrogens is 404 g/mol. The highest BCUT2D eigenvalue weighted by molar-refractivity contribution is 5.91. The minimum atomic E-state index is 0.0382. The maximum atomic E-state index is 12.7. The van der Waals surface area contributed by atoms with E-state index in [0.29, 0.717) is 13.1 Å². The van der Waals surface area contributed by atoms with Crippen LogP contribution in [0.25, 0.3) is 17.2 Å². The lowest BCUT2D eigenvalue weighted by Gasteiger charge is -2.33. The van der Waals surface area contributed by atoms with Gasteiger partial charge in [0.1, 0.15) is 23.2 Å². The average Bonchev–Trinajstić information content (AvgIpc) is 3.51. The van der Waals surface area contributed by atoms with Gasteiger partial charge in [-0.2, -0.15) is 0 Å². The maximum absolute atomic E-state index is 12.7. The van der Waals surface area contributed by atoms with E-state index < -0.39 is 0 Å². The number of piperidine rings is 1. The molecule has 2 aliphatic rings. The predicted molar refractivity (Wildman–Crippen MR) is 122 cm³/mol. The molecule has 0 bridgehead atoms. The zero-order chi connectivity index (χ0) is 21.9. The molecule has 2 fully saturated rings. The Morgan fingerprint density at radius 2 is 1.97 bits per heavy atom. The van der Waals surface area contributed by atoms with E-state index in [4.69, 9.17) is 14.5 Å². The van der Waals surface area contributed by atoms with E-state index in [1.807, 2.05) is 53.6 Å². The number of likely N-dealkylation sites (tertiary alicyclic amines) is 1. The molecule has 0 N–H and O–H groups in total. The van der Waals surface area contributed by atoms with Gasteiger partial charge in [0.2, 0.25) is 5.91 Å². The van der Waals surface area contributed by atoms with Crippen LogP contribution < -0.4 is 4.74 Å². The zero-order valence-corrected chi connectivity index (χ0v) is 18.3. The third-order valence-electron chi connectivity index (χ3n) is 6.37. The Labute approximate surface area is 187 Å². The van der Waals surface area contributed by atoms with Gasteiger partial charge >= 0.3 is 0 Å². The molecule has 7 nitrogen and oxygen atoms in total. The number of hydrogen-bond acceptors (Lipinski definition) is 5. The van der Waals surface area contributed by atoms with E-state index in [0.717, 1.165) is 60.6 Å². The van der Waals surface area contributed by atoms with Gasteiger partial charge in [0.05, 0.1) is 7.11 Å². The Morgan fingerprint density at radius 3 is 2.69 bits per heavy atom. The van der Waals surface area contributed by atoms with Crippen molar-refractivity contribution < 1.29 is 14.3 Å². The van der Waals surface area contributed by atoms with Crippen molar-refractivity contribution in [1.29, 1.82) is 0 Å². The number of amides is 1. The van der Waals surface area contributed by atoms with Gasteiger partial charge < -0.3 is 18.9 Å². The number of imidazole rings is 1. The average molecular weight is 433 g/mol. The quantitative estimate of drug-likeness (QED) is 0.566. The van der Waals surface area contributed by atoms with Crippen molar-refractivity contribution in [3.8, 4) is 5.75 Å². The first-order chi connectivity index (χ1) is 15.7. The molecule has 1 aromatic carbocycles. The summed E-state index contributed by atoms with van der Waals surface area (Å²) in [5, 5.41) is 0. The number of nitrogens with zero attached hydrogens (tertiary/aromatic N) is 4. The van der Waals surface area contributed by atoms with Crippen molar-refractivity contribution in [1.82, 2.24) is 19.4 Å². The molecule has 0 saturated carbocycles. The minimum absolute atomic E-state index is 0.0382. The predicted octanol–water partition coefficient (Wildman–Crippen LogP) is 4.17. The first-order valence-corrected chi connectivity index (χ1v) is 11.3. The van der Waals surface area contributed by atoms with Gasteiger partial charge in [0, 0.05) is 38.0 Å². The first kappa shape index (κ1) is 20.7. The van der Waals surface area contributed by atoms with Crippen LogP contribution in [0.2, 0.25) is 0 Å². The largest absolute Gasteiger partial charge is 0.497 e. The van der Waals surface area contributed by atoms with Gasteiger partial charge in [0.25, 0.3) is 0 Å². The van der Waals surface area contributed by atoms with Gasteiger partial charge in [0.15, 0.2) is 5.65 Å². The van der Waals surface area contributed by atoms with Gasteiger partial charge in [-0.05, 0) is 61.6 Å². The molecule has 2 aromatic heterocycles. The topological polar surface area (TPSA) is 69.5 Å². The Bertz CT molecular complexity index is 1110. The number of fused-ring (bicyclic) bond motifs is 1. The van der Waals surface area contributed by atoms with Crippen molar-refractivity contribution in [3.05, 3.63) is 60.1 Å². The molecule has 32 heavy (non-hydrogen) atoms. The summed E-state index contributed by atoms with van der Waals surface area (Å²) in [6.07, 6.45) is 9.20. The number of benzene rings is 1. The van der Waals surface area contributed by atoms with Crippen LogP contribution in [-0.4, -0.2) is 52.1 Å². The molecule has 3 aromatic rings. The third kappa shape index (κ3) is 4.12. The lowest BCUT2D eigenvalue weighted by molar-refractivity contribution is -0.127. The van der Waals surface area contributed by atoms with E-state index in [1.54, 1.807) is 13.2 Å². The van der Waals surface area contributed by atoms with Crippen LogP contribution in [0.5, 0.6) is 5.75 Å². The van der Waals surface area contributed by atoms with Crippen molar-refractivity contribution >= 4 is 23.1 Å². The first-order valence-electron chi connectivity index (χ1n) is 11.3. The number of rotatable bonds is 5. The Kier molecular flexibility index (Phi) is 5.90. The normalized spacial score (nSPS) is 19.8. The van der Waals surface area contributed by atoms with Crippen LogP contribution in [0.3, 0.4) is 0 Å². The molecule has 0 aliphatic carbocycles. The third-order valence-corrected chi connectivity index (χ3v) is 6.37. The van der Waals surface area contributed by atoms with E-state index in [1.165, 1.54) is 0 Å². The summed E-state index contributed by atoms with van der Waals surface area (Å²) in [5.41, 5.74) is 2.81. The van der Waals surface area contributed by atoms with E-state index in [9.17, 15) is 4.79 Å². The van der Waals surface area contributed by atoms with Gasteiger partial charge in [-0.15, -0.1) is 0 Å². The molecular formula is C25H28N4O3. The van der Waals surface area contributed by atoms with Crippen molar-refractivity contribution in [2.45, 2.75) is 37.8 Å². The number of aromatic nitrogens is 3. The van der Waals surface area contributed by atoms with Gasteiger partial charge in [-0.1, -0.05) is 12.1 Å². The fourth-order valence-electron chi connectivity index (χ4n) is 4.65. The van der Waals surface area contributed by atoms with E-state index in [2.05, 4.69) is 9.55 Å². The van der Waals surface area contributed by atoms with E-state index >= 15 is 0 Å². The Hall–Kier alpha value is -3.19. The molecule has 0 unspecified atom stereocenters. The maximum Gasteiger partial charge on any atom is 0.246 e. The lowest BCUT2D eigenvalue weighted by atomic mass is 10.0. The number of pyridine rings is 1. The summed E-state index contributed by atoms with van der Waals surface area (Å²) in [6, 6.07) is 11.9. The summed E-state index contributed by atoms with van der Waals surface area (Å²) in [5.74, 6) is 1.84. The van der Waals surface area contributed by atoms with Crippen LogP contribution in [0, 0.1) is 0 Å². The number of ether oxygens (including phenoxy) is 2. The van der Waals surface area contributed by atoms with E-state index in [-0.39, 0.29) is 18.1 Å². The molecule has 2 saturated heterocycles. The second-order valence-electron chi connectivity index (χ2n) is 8.35. The van der Waals surface area contributed by atoms with Crippen LogP contribution in [0.15, 0.2) is 48.7 Å². The van der Waals surface area contributed by atoms with Crippen molar-refractivity contribution in [2.24, 2.45) is 0 Å². The Balaban J connectivity index is 1.28. The summed E-state index contributed by atoms with van der Waals surface area (Å²) in [4.78, 5) is 24.2. The highest BCUT2D eigenvalue weighted by atomic mass is 16.5. The molecule has 7 heteroatoms. The second-order valence-corrected chi connectivity index (χ2v) is 8.35. The highest BCUT2D eigenvalue weighted by Gasteiger charge is 2.31. The summed E-state index contributed by atoms with van der Waals surface area (Å²) in [6.45, 7) is 2.22. The zero-order valence-electron chi connectivity index (χ0n) is 18.3. The molecule has 166 valence electrons. The smallest absolute Gasteiger partial charge is 0.246 e. The summed E-state index contributed by atoms with van der Waals surface area (Å²) < 4.78 is 13.4. The van der Waals surface area contributed by atoms with Crippen molar-refractivity contribution in [2.75, 3.05) is 26.8 Å². The molecule has 4 heterocycles. The monoisotopic (exact) mass is 432 g/mol. The molecule has 5 rings (SSSR count). The van der Waals surface area contributed by atoms with Crippen molar-refractivity contribution in [3.63, 3.8) is 0 Å². The summed E-state index contributed by atoms with van der Waals surface area (Å²) in [7, 11) is 1.64. The molecule has 1 atom stereocenters. The number of hydrogen-bond donors (Lipinski definition) is 0. The standard InChI is InChI=1S/C25H28N4O3/c1-31-20-9-6-18(7-10-20)8-11-23(30)28-15-12-19(13-16-28)29-24-21(4-2-14-26-24)27-25(29)22-5-3-17-32-22/h2,4,6-11,14,19,22H,3,5,12-13,15-17H2,1H3/b11-8+/t22-/m0/s1. The van der Waals surface area contributed by atoms with Gasteiger partial charge in [-0.25, -0.2) is 9.97 Å². The van der Waals surface area contributed by atoms with Gasteiger partial charge in [-0.3, -0.25) is 4.79 Å². The molecule has 0 radical (unpaired) electrons. The minimum Gasteiger partial charge on any atom is -0.497 e. The second kappa shape index (κ2) is 9.12. The number of carbonyl (C=O) groups is 1. The lowest BCUT2D eigenvalue weighted by Crippen LogP contribution is -2.38. The summed E-state index contributed by atoms with van der Waals surface area (Å²) >= 11 is 0. The number of methoxy groups -OCH3 is 1. The number of carbonyl (C=O) groups excluding carboxylic acids is 1. The van der Waals surface area contributed by atoms with Crippen LogP contribution in [0.1, 0.15) is 49.2 Å². The Morgan fingerprint density at radius 1 is 1.16 bits per heavy atom. The molecule has 0 spiro atoms. The van der Waals surface area contributed by atoms with Crippen LogP contribution in [0.4, 0.5) is 0 Å². The fourth-order valence-corrected chi connectivity index (χ4v) is 4.65. The fraction of sp³-hybridized carbons (Fsp3) is 0.400.